The molecule has 0 aliphatic heterocycles. The lowest BCUT2D eigenvalue weighted by molar-refractivity contribution is 0.416. The van der Waals surface area contributed by atoms with Crippen molar-refractivity contribution in [2.75, 3.05) is 0 Å². The van der Waals surface area contributed by atoms with Gasteiger partial charge >= 0.3 is 0 Å². The molecule has 0 amide bonds. The zero-order chi connectivity index (χ0) is 13.6. The molecule has 2 N–H and O–H groups in total. The van der Waals surface area contributed by atoms with Crippen molar-refractivity contribution in [3.05, 3.63) is 24.0 Å². The van der Waals surface area contributed by atoms with Gasteiger partial charge < -0.3 is 10.3 Å². The van der Waals surface area contributed by atoms with Crippen LogP contribution >= 0.6 is 0 Å². The minimum Gasteiger partial charge on any atom is -0.354 e. The van der Waals surface area contributed by atoms with Gasteiger partial charge in [0.15, 0.2) is 0 Å². The fraction of sp³-hybridized carbons (Fsp3) is 0.667. The van der Waals surface area contributed by atoms with E-state index in [0.717, 1.165) is 32.2 Å². The normalized spacial score (nSPS) is 13.3. The molecule has 0 spiro atoms. The minimum absolute atomic E-state index is 0.208. The summed E-state index contributed by atoms with van der Waals surface area (Å²) in [5.41, 5.74) is 7.05. The molecule has 0 saturated carbocycles. The molecule has 100 valence electrons. The van der Waals surface area contributed by atoms with Gasteiger partial charge in [-0.1, -0.05) is 6.92 Å². The first-order chi connectivity index (χ1) is 8.46. The molecule has 1 heterocycles. The maximum atomic E-state index is 8.95. The van der Waals surface area contributed by atoms with Crippen molar-refractivity contribution in [3.8, 4) is 6.07 Å². The lowest BCUT2D eigenvalue weighted by atomic mass is 9.90. The fourth-order valence-corrected chi connectivity index (χ4v) is 1.96. The molecule has 3 heteroatoms. The van der Waals surface area contributed by atoms with Gasteiger partial charge in [-0.3, -0.25) is 0 Å². The number of aryl methyl sites for hydroxylation is 1. The molecule has 1 atom stereocenters. The Bertz CT molecular complexity index is 398. The van der Waals surface area contributed by atoms with Crippen molar-refractivity contribution in [1.82, 2.24) is 4.57 Å². The maximum absolute atomic E-state index is 8.95. The highest BCUT2D eigenvalue weighted by atomic mass is 14.9. The molecule has 1 rings (SSSR count). The van der Waals surface area contributed by atoms with Crippen LogP contribution in [0.2, 0.25) is 0 Å². The van der Waals surface area contributed by atoms with Crippen LogP contribution < -0.4 is 5.73 Å². The van der Waals surface area contributed by atoms with Gasteiger partial charge in [-0.15, -0.1) is 0 Å². The van der Waals surface area contributed by atoms with Gasteiger partial charge in [0.1, 0.15) is 0 Å². The number of hydrogen-bond acceptors (Lipinski definition) is 2. The van der Waals surface area contributed by atoms with E-state index >= 15 is 0 Å². The van der Waals surface area contributed by atoms with Crippen LogP contribution in [-0.4, -0.2) is 10.6 Å². The lowest BCUT2D eigenvalue weighted by Gasteiger charge is -2.14. The number of nitrogens with zero attached hydrogens (tertiary/aromatic N) is 2. The van der Waals surface area contributed by atoms with Gasteiger partial charge in [0.05, 0.1) is 11.5 Å². The average molecular weight is 247 g/mol. The molecule has 0 radical (unpaired) electrons. The summed E-state index contributed by atoms with van der Waals surface area (Å²) in [4.78, 5) is 0. The second kappa shape index (κ2) is 6.61. The van der Waals surface area contributed by atoms with Crippen molar-refractivity contribution < 1.29 is 0 Å². The highest BCUT2D eigenvalue weighted by Crippen LogP contribution is 2.21. The molecule has 18 heavy (non-hydrogen) atoms. The Labute approximate surface area is 111 Å². The average Bonchev–Trinajstić information content (AvgIpc) is 2.76. The van der Waals surface area contributed by atoms with Crippen LogP contribution in [0.4, 0.5) is 0 Å². The molecule has 1 aromatic heterocycles. The predicted molar refractivity (Wildman–Crippen MR) is 75.0 cm³/mol. The zero-order valence-corrected chi connectivity index (χ0v) is 11.8. The molecular weight excluding hydrogens is 222 g/mol. The Morgan fingerprint density at radius 2 is 2.22 bits per heavy atom. The van der Waals surface area contributed by atoms with Crippen molar-refractivity contribution in [2.45, 2.75) is 59.0 Å². The largest absolute Gasteiger partial charge is 0.354 e. The molecule has 0 saturated heterocycles. The second-order valence-electron chi connectivity index (χ2n) is 5.73. The summed E-state index contributed by atoms with van der Waals surface area (Å²) >= 11 is 0. The summed E-state index contributed by atoms with van der Waals surface area (Å²) in [7, 11) is 0. The van der Waals surface area contributed by atoms with E-state index in [0.29, 0.717) is 0 Å². The molecule has 0 aliphatic rings. The van der Waals surface area contributed by atoms with Gasteiger partial charge in [0, 0.05) is 25.0 Å². The van der Waals surface area contributed by atoms with E-state index in [-0.39, 0.29) is 11.5 Å². The van der Waals surface area contributed by atoms with Crippen molar-refractivity contribution in [1.29, 1.82) is 5.26 Å². The Morgan fingerprint density at radius 3 is 2.83 bits per heavy atom. The Kier molecular flexibility index (Phi) is 5.43. The van der Waals surface area contributed by atoms with Gasteiger partial charge in [0.25, 0.3) is 0 Å². The molecular formula is C15H25N3. The standard InChI is InChI=1S/C15H25N3/c1-4-14(17)10-13-6-9-18(11-13)8-5-7-15(2,3)12-16/h6,9,11,14H,4-5,7-8,10,17H2,1-3H3. The smallest absolute Gasteiger partial charge is 0.0683 e. The number of aromatic nitrogens is 1. The van der Waals surface area contributed by atoms with Gasteiger partial charge in [0.2, 0.25) is 0 Å². The first-order valence-electron chi connectivity index (χ1n) is 6.78. The monoisotopic (exact) mass is 247 g/mol. The second-order valence-corrected chi connectivity index (χ2v) is 5.73. The summed E-state index contributed by atoms with van der Waals surface area (Å²) < 4.78 is 2.20. The van der Waals surface area contributed by atoms with E-state index in [1.165, 1.54) is 5.56 Å². The number of nitriles is 1. The number of rotatable bonds is 7. The van der Waals surface area contributed by atoms with E-state index in [2.05, 4.69) is 36.0 Å². The molecule has 0 fully saturated rings. The molecule has 1 aromatic rings. The highest BCUT2D eigenvalue weighted by Gasteiger charge is 2.15. The minimum atomic E-state index is -0.208. The van der Waals surface area contributed by atoms with Crippen LogP contribution in [0, 0.1) is 16.7 Å². The summed E-state index contributed by atoms with van der Waals surface area (Å²) in [6.45, 7) is 7.08. The van der Waals surface area contributed by atoms with Crippen LogP contribution in [-0.2, 0) is 13.0 Å². The van der Waals surface area contributed by atoms with Crippen LogP contribution in [0.25, 0.3) is 0 Å². The topological polar surface area (TPSA) is 54.7 Å². The first kappa shape index (κ1) is 14.8. The Morgan fingerprint density at radius 1 is 1.50 bits per heavy atom. The summed E-state index contributed by atoms with van der Waals surface area (Å²) in [6, 6.07) is 4.75. The van der Waals surface area contributed by atoms with E-state index in [1.807, 2.05) is 13.8 Å². The van der Waals surface area contributed by atoms with Crippen LogP contribution in [0.1, 0.15) is 45.6 Å². The maximum Gasteiger partial charge on any atom is 0.0683 e. The van der Waals surface area contributed by atoms with Gasteiger partial charge in [-0.25, -0.2) is 0 Å². The molecule has 1 unspecified atom stereocenters. The highest BCUT2D eigenvalue weighted by molar-refractivity contribution is 5.11. The van der Waals surface area contributed by atoms with Crippen LogP contribution in [0.15, 0.2) is 18.5 Å². The zero-order valence-electron chi connectivity index (χ0n) is 11.8. The van der Waals surface area contributed by atoms with E-state index in [1.54, 1.807) is 0 Å². The molecule has 0 bridgehead atoms. The van der Waals surface area contributed by atoms with Crippen LogP contribution in [0.5, 0.6) is 0 Å². The summed E-state index contributed by atoms with van der Waals surface area (Å²) in [5.74, 6) is 0. The Hall–Kier alpha value is -1.27. The van der Waals surface area contributed by atoms with E-state index < -0.39 is 0 Å². The van der Waals surface area contributed by atoms with E-state index in [9.17, 15) is 0 Å². The quantitative estimate of drug-likeness (QED) is 0.805. The van der Waals surface area contributed by atoms with Crippen LogP contribution in [0.3, 0.4) is 0 Å². The summed E-state index contributed by atoms with van der Waals surface area (Å²) in [6.07, 6.45) is 8.22. The third-order valence-corrected chi connectivity index (χ3v) is 3.35. The SMILES string of the molecule is CCC(N)Cc1ccn(CCCC(C)(C)C#N)c1. The third-order valence-electron chi connectivity index (χ3n) is 3.35. The fourth-order valence-electron chi connectivity index (χ4n) is 1.96. The Balaban J connectivity index is 2.38. The predicted octanol–water partition coefficient (Wildman–Crippen LogP) is 3.10. The number of nitrogens with two attached hydrogens (primary N) is 1. The molecule has 0 aromatic carbocycles. The number of hydrogen-bond donors (Lipinski definition) is 1. The van der Waals surface area contributed by atoms with E-state index in [4.69, 9.17) is 11.0 Å². The van der Waals surface area contributed by atoms with Gasteiger partial charge in [-0.05, 0) is 51.2 Å². The third kappa shape index (κ3) is 4.93. The van der Waals surface area contributed by atoms with Gasteiger partial charge in [-0.2, -0.15) is 5.26 Å². The lowest BCUT2D eigenvalue weighted by Crippen LogP contribution is -2.21. The molecule has 3 nitrogen and oxygen atoms in total. The van der Waals surface area contributed by atoms with Crippen molar-refractivity contribution in [3.63, 3.8) is 0 Å². The molecule has 0 aliphatic carbocycles. The first-order valence-corrected chi connectivity index (χ1v) is 6.78. The van der Waals surface area contributed by atoms with Crippen molar-refractivity contribution >= 4 is 0 Å². The van der Waals surface area contributed by atoms with Crippen molar-refractivity contribution in [2.24, 2.45) is 11.1 Å². The summed E-state index contributed by atoms with van der Waals surface area (Å²) in [5, 5.41) is 8.95.